The van der Waals surface area contributed by atoms with Crippen molar-refractivity contribution in [3.63, 3.8) is 0 Å². The van der Waals surface area contributed by atoms with Gasteiger partial charge in [0.25, 0.3) is 5.91 Å². The Kier molecular flexibility index (Phi) is 7.85. The van der Waals surface area contributed by atoms with E-state index in [1.165, 1.54) is 14.2 Å². The van der Waals surface area contributed by atoms with E-state index in [2.05, 4.69) is 15.6 Å². The monoisotopic (exact) mass is 501 g/mol. The Balaban J connectivity index is 1.75. The van der Waals surface area contributed by atoms with E-state index in [4.69, 9.17) is 20.9 Å². The topological polar surface area (TPSA) is 125 Å². The molecule has 1 heterocycles. The molecule has 6 N–H and O–H groups in total. The maximum absolute atomic E-state index is 15.3. The number of ether oxygens (including phenoxy) is 2. The fraction of sp³-hybridized carbons (Fsp3) is 0.143. The van der Waals surface area contributed by atoms with Crippen LogP contribution in [0.15, 0.2) is 84.9 Å². The third-order valence-corrected chi connectivity index (χ3v) is 5.85. The third-order valence-electron chi connectivity index (χ3n) is 5.85. The lowest BCUT2D eigenvalue weighted by Gasteiger charge is -2.27. The zero-order chi connectivity index (χ0) is 26.4. The lowest BCUT2D eigenvalue weighted by atomic mass is 9.94. The van der Waals surface area contributed by atoms with Crippen molar-refractivity contribution in [1.82, 2.24) is 4.98 Å². The molecule has 0 spiro atoms. The molecule has 0 aliphatic rings. The van der Waals surface area contributed by atoms with Crippen molar-refractivity contribution in [2.75, 3.05) is 24.9 Å². The number of nitrogens with one attached hydrogen (secondary N) is 2. The van der Waals surface area contributed by atoms with Crippen molar-refractivity contribution in [2.45, 2.75) is 12.1 Å². The number of anilines is 3. The second-order valence-corrected chi connectivity index (χ2v) is 8.27. The number of amides is 1. The highest BCUT2D eigenvalue weighted by atomic mass is 19.1. The van der Waals surface area contributed by atoms with Crippen LogP contribution in [0.3, 0.4) is 0 Å². The molecule has 0 saturated carbocycles. The molecular weight excluding hydrogens is 473 g/mol. The number of carbonyl (C=O) groups excluding carboxylic acids is 1. The molecule has 190 valence electrons. The van der Waals surface area contributed by atoms with Gasteiger partial charge in [0.1, 0.15) is 17.3 Å². The summed E-state index contributed by atoms with van der Waals surface area (Å²) in [5.74, 6) is -0.587. The number of methoxy groups -OCH3 is 2. The van der Waals surface area contributed by atoms with Gasteiger partial charge in [0.05, 0.1) is 31.9 Å². The molecule has 1 unspecified atom stereocenters. The normalized spacial score (nSPS) is 12.3. The van der Waals surface area contributed by atoms with E-state index in [9.17, 15) is 4.79 Å². The molecule has 0 aliphatic carbocycles. The van der Waals surface area contributed by atoms with Gasteiger partial charge in [-0.3, -0.25) is 4.79 Å². The average Bonchev–Trinajstić information content (AvgIpc) is 2.93. The summed E-state index contributed by atoms with van der Waals surface area (Å²) in [6.45, 7) is 0. The van der Waals surface area contributed by atoms with Crippen LogP contribution in [0.25, 0.3) is 0 Å². The second kappa shape index (κ2) is 11.4. The van der Waals surface area contributed by atoms with E-state index in [-0.39, 0.29) is 17.2 Å². The van der Waals surface area contributed by atoms with Crippen LogP contribution in [0, 0.1) is 5.82 Å². The molecule has 3 aromatic carbocycles. The van der Waals surface area contributed by atoms with Gasteiger partial charge in [0, 0.05) is 23.9 Å². The first-order chi connectivity index (χ1) is 17.9. The number of benzene rings is 3. The fourth-order valence-electron chi connectivity index (χ4n) is 3.95. The van der Waals surface area contributed by atoms with Gasteiger partial charge in [-0.05, 0) is 17.2 Å². The van der Waals surface area contributed by atoms with Crippen LogP contribution in [-0.2, 0) is 0 Å². The van der Waals surface area contributed by atoms with E-state index < -0.39 is 23.8 Å². The third kappa shape index (κ3) is 5.96. The maximum Gasteiger partial charge on any atom is 0.252 e. The lowest BCUT2D eigenvalue weighted by molar-refractivity contribution is 0.100. The summed E-state index contributed by atoms with van der Waals surface area (Å²) in [6.07, 6.45) is 0. The first-order valence-corrected chi connectivity index (χ1v) is 11.5. The smallest absolute Gasteiger partial charge is 0.252 e. The minimum absolute atomic E-state index is 0.0619. The highest BCUT2D eigenvalue weighted by Gasteiger charge is 2.25. The van der Waals surface area contributed by atoms with Crippen LogP contribution < -0.4 is 31.6 Å². The largest absolute Gasteiger partial charge is 0.497 e. The van der Waals surface area contributed by atoms with Crippen molar-refractivity contribution in [2.24, 2.45) is 11.5 Å². The summed E-state index contributed by atoms with van der Waals surface area (Å²) in [4.78, 5) is 16.6. The van der Waals surface area contributed by atoms with Gasteiger partial charge < -0.3 is 31.6 Å². The lowest BCUT2D eigenvalue weighted by Crippen LogP contribution is -2.27. The number of nitrogens with zero attached hydrogens (tertiary/aromatic N) is 1. The SMILES string of the molecule is COc1cc(Nc2nc(NC(c3ccccc3)[C@@H](N)c3ccccc3)c(F)cc2C(N)=O)cc(OC)c1. The van der Waals surface area contributed by atoms with E-state index in [0.29, 0.717) is 17.2 Å². The molecule has 9 heteroatoms. The van der Waals surface area contributed by atoms with Crippen LogP contribution in [0.1, 0.15) is 33.6 Å². The molecule has 4 rings (SSSR count). The predicted octanol–water partition coefficient (Wildman–Crippen LogP) is 4.93. The van der Waals surface area contributed by atoms with Crippen LogP contribution in [-0.4, -0.2) is 25.1 Å². The highest BCUT2D eigenvalue weighted by molar-refractivity contribution is 5.98. The Morgan fingerprint density at radius 2 is 1.43 bits per heavy atom. The van der Waals surface area contributed by atoms with Gasteiger partial charge in [-0.2, -0.15) is 0 Å². The van der Waals surface area contributed by atoms with Crippen LogP contribution in [0.2, 0.25) is 0 Å². The molecule has 2 atom stereocenters. The van der Waals surface area contributed by atoms with Crippen LogP contribution >= 0.6 is 0 Å². The molecule has 1 amide bonds. The number of primary amides is 1. The number of pyridine rings is 1. The molecule has 1 aromatic heterocycles. The fourth-order valence-corrected chi connectivity index (χ4v) is 3.95. The molecular formula is C28H28FN5O3. The van der Waals surface area contributed by atoms with Gasteiger partial charge in [-0.25, -0.2) is 9.37 Å². The molecule has 0 aliphatic heterocycles. The summed E-state index contributed by atoms with van der Waals surface area (Å²) >= 11 is 0. The van der Waals surface area contributed by atoms with E-state index in [1.807, 2.05) is 60.7 Å². The molecule has 0 saturated heterocycles. The van der Waals surface area contributed by atoms with Crippen molar-refractivity contribution in [1.29, 1.82) is 0 Å². The number of carbonyl (C=O) groups is 1. The van der Waals surface area contributed by atoms with Gasteiger partial charge in [0.15, 0.2) is 11.6 Å². The summed E-state index contributed by atoms with van der Waals surface area (Å²) in [7, 11) is 3.04. The summed E-state index contributed by atoms with van der Waals surface area (Å²) in [5, 5.41) is 6.18. The van der Waals surface area contributed by atoms with Crippen LogP contribution in [0.5, 0.6) is 11.5 Å². The predicted molar refractivity (Wildman–Crippen MR) is 142 cm³/mol. The Labute approximate surface area is 214 Å². The van der Waals surface area contributed by atoms with E-state index in [1.54, 1.807) is 18.2 Å². The first kappa shape index (κ1) is 25.5. The van der Waals surface area contributed by atoms with Gasteiger partial charge >= 0.3 is 0 Å². The van der Waals surface area contributed by atoms with E-state index in [0.717, 1.165) is 17.2 Å². The molecule has 4 aromatic rings. The average molecular weight is 502 g/mol. The van der Waals surface area contributed by atoms with Crippen molar-refractivity contribution in [3.05, 3.63) is 107 Å². The number of hydrogen-bond acceptors (Lipinski definition) is 7. The molecule has 8 nitrogen and oxygen atoms in total. The summed E-state index contributed by atoms with van der Waals surface area (Å²) in [6, 6.07) is 24.0. The number of nitrogens with two attached hydrogens (primary N) is 2. The van der Waals surface area contributed by atoms with Crippen molar-refractivity contribution in [3.8, 4) is 11.5 Å². The Bertz CT molecular complexity index is 1350. The number of hydrogen-bond donors (Lipinski definition) is 4. The minimum Gasteiger partial charge on any atom is -0.497 e. The molecule has 37 heavy (non-hydrogen) atoms. The second-order valence-electron chi connectivity index (χ2n) is 8.27. The maximum atomic E-state index is 15.3. The summed E-state index contributed by atoms with van der Waals surface area (Å²) in [5.41, 5.74) is 14.3. The molecule has 0 fully saturated rings. The quantitative estimate of drug-likeness (QED) is 0.243. The highest BCUT2D eigenvalue weighted by Crippen LogP contribution is 2.33. The van der Waals surface area contributed by atoms with Crippen molar-refractivity contribution >= 4 is 23.2 Å². The van der Waals surface area contributed by atoms with Crippen LogP contribution in [0.4, 0.5) is 21.7 Å². The standard InChI is InChI=1S/C28H28FN5O3/c1-36-20-13-19(14-21(15-20)37-2)32-27-22(26(31)35)16-23(29)28(34-27)33-25(18-11-7-4-8-12-18)24(30)17-9-5-3-6-10-17/h3-16,24-25H,30H2,1-2H3,(H2,31,35)(H2,32,33,34)/t24-,25?/m0/s1. The van der Waals surface area contributed by atoms with Gasteiger partial charge in [-0.1, -0.05) is 60.7 Å². The number of aromatic nitrogens is 1. The zero-order valence-electron chi connectivity index (χ0n) is 20.4. The summed E-state index contributed by atoms with van der Waals surface area (Å²) < 4.78 is 25.9. The minimum atomic E-state index is -0.837. The Morgan fingerprint density at radius 3 is 1.97 bits per heavy atom. The Hall–Kier alpha value is -4.63. The van der Waals surface area contributed by atoms with E-state index >= 15 is 4.39 Å². The van der Waals surface area contributed by atoms with Gasteiger partial charge in [0.2, 0.25) is 0 Å². The molecule has 0 bridgehead atoms. The molecule has 0 radical (unpaired) electrons. The first-order valence-electron chi connectivity index (χ1n) is 11.5. The number of halogens is 1. The van der Waals surface area contributed by atoms with Crippen molar-refractivity contribution < 1.29 is 18.7 Å². The van der Waals surface area contributed by atoms with Gasteiger partial charge in [-0.15, -0.1) is 0 Å². The number of rotatable bonds is 10. The Morgan fingerprint density at radius 1 is 0.865 bits per heavy atom. The zero-order valence-corrected chi connectivity index (χ0v) is 20.4.